The number of rotatable bonds is 2. The molecule has 22 heavy (non-hydrogen) atoms. The van der Waals surface area contributed by atoms with Gasteiger partial charge in [-0.1, -0.05) is 29.8 Å². The van der Waals surface area contributed by atoms with Gasteiger partial charge in [-0.25, -0.2) is 0 Å². The molecule has 5 heteroatoms. The maximum atomic E-state index is 12.7. The summed E-state index contributed by atoms with van der Waals surface area (Å²) in [6, 6.07) is 10.4. The van der Waals surface area contributed by atoms with E-state index in [2.05, 4.69) is 10.3 Å². The Labute approximate surface area is 129 Å². The lowest BCUT2D eigenvalue weighted by atomic mass is 10.00. The molecule has 5 nitrogen and oxygen atoms in total. The van der Waals surface area contributed by atoms with E-state index in [1.54, 1.807) is 29.4 Å². The normalized spacial score (nSPS) is 18.0. The zero-order valence-corrected chi connectivity index (χ0v) is 12.3. The molecular formula is C17H17N3O2. The number of hydrogen-bond donors (Lipinski definition) is 1. The minimum atomic E-state index is -0.588. The fourth-order valence-electron chi connectivity index (χ4n) is 2.63. The molecule has 1 aromatic heterocycles. The van der Waals surface area contributed by atoms with Crippen LogP contribution in [0.15, 0.2) is 48.8 Å². The number of aryl methyl sites for hydroxylation is 1. The van der Waals surface area contributed by atoms with Crippen LogP contribution in [0.1, 0.15) is 27.5 Å². The van der Waals surface area contributed by atoms with Crippen molar-refractivity contribution >= 4 is 11.8 Å². The van der Waals surface area contributed by atoms with Crippen LogP contribution in [0.3, 0.4) is 0 Å². The molecule has 3 rings (SSSR count). The number of benzene rings is 1. The molecule has 0 bridgehead atoms. The summed E-state index contributed by atoms with van der Waals surface area (Å²) in [5, 5.41) is 2.84. The smallest absolute Gasteiger partial charge is 0.254 e. The summed E-state index contributed by atoms with van der Waals surface area (Å²) < 4.78 is 0. The van der Waals surface area contributed by atoms with Crippen LogP contribution in [0, 0.1) is 6.92 Å². The molecule has 1 aliphatic heterocycles. The van der Waals surface area contributed by atoms with Crippen LogP contribution in [0.25, 0.3) is 0 Å². The van der Waals surface area contributed by atoms with Crippen LogP contribution in [-0.4, -0.2) is 34.8 Å². The van der Waals surface area contributed by atoms with E-state index in [4.69, 9.17) is 0 Å². The van der Waals surface area contributed by atoms with Crippen LogP contribution in [0.2, 0.25) is 0 Å². The van der Waals surface area contributed by atoms with Crippen molar-refractivity contribution in [2.45, 2.75) is 13.0 Å². The molecule has 1 aromatic carbocycles. The molecule has 2 heterocycles. The highest BCUT2D eigenvalue weighted by Crippen LogP contribution is 2.25. The zero-order chi connectivity index (χ0) is 15.5. The van der Waals surface area contributed by atoms with Gasteiger partial charge in [0.2, 0.25) is 5.91 Å². The van der Waals surface area contributed by atoms with Gasteiger partial charge in [0, 0.05) is 31.0 Å². The minimum Gasteiger partial charge on any atom is -0.352 e. The van der Waals surface area contributed by atoms with Gasteiger partial charge in [0.25, 0.3) is 5.91 Å². The lowest BCUT2D eigenvalue weighted by Crippen LogP contribution is -2.52. The Bertz CT molecular complexity index is 683. The van der Waals surface area contributed by atoms with Crippen molar-refractivity contribution in [2.75, 3.05) is 13.1 Å². The number of amides is 2. The van der Waals surface area contributed by atoms with Crippen molar-refractivity contribution < 1.29 is 9.59 Å². The van der Waals surface area contributed by atoms with E-state index in [9.17, 15) is 9.59 Å². The first kappa shape index (κ1) is 14.3. The molecule has 1 atom stereocenters. The van der Waals surface area contributed by atoms with Crippen molar-refractivity contribution in [3.8, 4) is 0 Å². The summed E-state index contributed by atoms with van der Waals surface area (Å²) in [6.07, 6.45) is 3.16. The minimum absolute atomic E-state index is 0.141. The van der Waals surface area contributed by atoms with Crippen molar-refractivity contribution in [3.05, 3.63) is 65.5 Å². The van der Waals surface area contributed by atoms with E-state index in [0.717, 1.165) is 11.1 Å². The summed E-state index contributed by atoms with van der Waals surface area (Å²) in [4.78, 5) is 30.6. The van der Waals surface area contributed by atoms with Crippen LogP contribution in [0.4, 0.5) is 0 Å². The van der Waals surface area contributed by atoms with Crippen molar-refractivity contribution in [1.82, 2.24) is 15.2 Å². The standard InChI is InChI=1S/C17H17N3O2/c1-12-2-4-13(5-3-12)15-16(21)19-10-11-20(15)17(22)14-6-8-18-9-7-14/h2-9,15H,10-11H2,1H3,(H,19,21). The van der Waals surface area contributed by atoms with E-state index in [1.807, 2.05) is 31.2 Å². The van der Waals surface area contributed by atoms with Gasteiger partial charge in [0.05, 0.1) is 0 Å². The van der Waals surface area contributed by atoms with Gasteiger partial charge in [0.1, 0.15) is 6.04 Å². The molecule has 1 saturated heterocycles. The number of hydrogen-bond acceptors (Lipinski definition) is 3. The maximum absolute atomic E-state index is 12.7. The Morgan fingerprint density at radius 2 is 1.86 bits per heavy atom. The topological polar surface area (TPSA) is 62.3 Å². The predicted octanol–water partition coefficient (Wildman–Crippen LogP) is 1.70. The average Bonchev–Trinajstić information content (AvgIpc) is 2.56. The number of carbonyl (C=O) groups is 2. The van der Waals surface area contributed by atoms with Crippen molar-refractivity contribution in [3.63, 3.8) is 0 Å². The monoisotopic (exact) mass is 295 g/mol. The Balaban J connectivity index is 1.95. The summed E-state index contributed by atoms with van der Waals surface area (Å²) in [7, 11) is 0. The van der Waals surface area contributed by atoms with Gasteiger partial charge < -0.3 is 10.2 Å². The van der Waals surface area contributed by atoms with E-state index in [-0.39, 0.29) is 11.8 Å². The lowest BCUT2D eigenvalue weighted by Gasteiger charge is -2.35. The SMILES string of the molecule is Cc1ccc(C2C(=O)NCCN2C(=O)c2ccncc2)cc1. The number of nitrogens with one attached hydrogen (secondary N) is 1. The zero-order valence-electron chi connectivity index (χ0n) is 12.3. The molecule has 1 N–H and O–H groups in total. The molecule has 112 valence electrons. The molecule has 0 spiro atoms. The Morgan fingerprint density at radius 3 is 2.55 bits per heavy atom. The first-order valence-corrected chi connectivity index (χ1v) is 7.22. The highest BCUT2D eigenvalue weighted by Gasteiger charge is 2.34. The first-order chi connectivity index (χ1) is 10.7. The number of aromatic nitrogens is 1. The highest BCUT2D eigenvalue weighted by molar-refractivity contribution is 5.98. The van der Waals surface area contributed by atoms with Crippen LogP contribution in [-0.2, 0) is 4.79 Å². The molecule has 2 aromatic rings. The third-order valence-electron chi connectivity index (χ3n) is 3.79. The van der Waals surface area contributed by atoms with Gasteiger partial charge in [-0.05, 0) is 24.6 Å². The van der Waals surface area contributed by atoms with E-state index >= 15 is 0 Å². The molecule has 0 aliphatic carbocycles. The lowest BCUT2D eigenvalue weighted by molar-refractivity contribution is -0.128. The molecule has 0 radical (unpaired) electrons. The van der Waals surface area contributed by atoms with Crippen molar-refractivity contribution in [2.24, 2.45) is 0 Å². The molecule has 2 amide bonds. The van der Waals surface area contributed by atoms with Crippen LogP contribution in [0.5, 0.6) is 0 Å². The second-order valence-corrected chi connectivity index (χ2v) is 5.34. The second kappa shape index (κ2) is 5.97. The second-order valence-electron chi connectivity index (χ2n) is 5.34. The Kier molecular flexibility index (Phi) is 3.87. The third kappa shape index (κ3) is 2.70. The fraction of sp³-hybridized carbons (Fsp3) is 0.235. The van der Waals surface area contributed by atoms with Gasteiger partial charge in [-0.2, -0.15) is 0 Å². The van der Waals surface area contributed by atoms with Gasteiger partial charge >= 0.3 is 0 Å². The van der Waals surface area contributed by atoms with Gasteiger partial charge in [-0.15, -0.1) is 0 Å². The predicted molar refractivity (Wildman–Crippen MR) is 82.2 cm³/mol. The number of pyridine rings is 1. The number of carbonyl (C=O) groups excluding carboxylic acids is 2. The van der Waals surface area contributed by atoms with E-state index in [0.29, 0.717) is 18.7 Å². The van der Waals surface area contributed by atoms with Crippen LogP contribution >= 0.6 is 0 Å². The maximum Gasteiger partial charge on any atom is 0.254 e. The fourth-order valence-corrected chi connectivity index (χ4v) is 2.63. The Morgan fingerprint density at radius 1 is 1.18 bits per heavy atom. The van der Waals surface area contributed by atoms with Gasteiger partial charge in [-0.3, -0.25) is 14.6 Å². The van der Waals surface area contributed by atoms with E-state index in [1.165, 1.54) is 0 Å². The molecule has 1 fully saturated rings. The summed E-state index contributed by atoms with van der Waals surface area (Å²) >= 11 is 0. The number of nitrogens with zero attached hydrogens (tertiary/aromatic N) is 2. The molecular weight excluding hydrogens is 278 g/mol. The summed E-state index contributed by atoms with van der Waals surface area (Å²) in [5.74, 6) is -0.291. The van der Waals surface area contributed by atoms with Crippen molar-refractivity contribution in [1.29, 1.82) is 0 Å². The highest BCUT2D eigenvalue weighted by atomic mass is 16.2. The average molecular weight is 295 g/mol. The van der Waals surface area contributed by atoms with Crippen LogP contribution < -0.4 is 5.32 Å². The Hall–Kier alpha value is -2.69. The van der Waals surface area contributed by atoms with Gasteiger partial charge in [0.15, 0.2) is 0 Å². The first-order valence-electron chi connectivity index (χ1n) is 7.22. The molecule has 1 aliphatic rings. The molecule has 1 unspecified atom stereocenters. The van der Waals surface area contributed by atoms with E-state index < -0.39 is 6.04 Å². The third-order valence-corrected chi connectivity index (χ3v) is 3.79. The largest absolute Gasteiger partial charge is 0.352 e. The summed E-state index contributed by atoms with van der Waals surface area (Å²) in [5.41, 5.74) is 2.49. The summed E-state index contributed by atoms with van der Waals surface area (Å²) in [6.45, 7) is 2.95. The quantitative estimate of drug-likeness (QED) is 0.917. The molecule has 0 saturated carbocycles. The number of piperazine rings is 1.